The van der Waals surface area contributed by atoms with Crippen LogP contribution in [0.15, 0.2) is 16.5 Å². The molecular weight excluding hydrogens is 337 g/mol. The Bertz CT molecular complexity index is 811. The Morgan fingerprint density at radius 1 is 1.24 bits per heavy atom. The molecule has 0 unspecified atom stereocenters. The fourth-order valence-corrected chi connectivity index (χ4v) is 2.29. The van der Waals surface area contributed by atoms with Gasteiger partial charge in [0.25, 0.3) is 0 Å². The summed E-state index contributed by atoms with van der Waals surface area (Å²) in [5.74, 6) is -0.242. The van der Waals surface area contributed by atoms with E-state index >= 15 is 0 Å². The van der Waals surface area contributed by atoms with E-state index < -0.39 is 24.0 Å². The smallest absolute Gasteiger partial charge is 0.424 e. The van der Waals surface area contributed by atoms with Crippen LogP contribution in [0.4, 0.5) is 19.0 Å². The maximum atomic E-state index is 13.4. The summed E-state index contributed by atoms with van der Waals surface area (Å²) in [6.07, 6.45) is -5.64. The molecule has 6 nitrogen and oxygen atoms in total. The second-order valence-corrected chi connectivity index (χ2v) is 5.69. The van der Waals surface area contributed by atoms with Crippen LogP contribution in [0.5, 0.6) is 0 Å². The first-order valence-corrected chi connectivity index (χ1v) is 7.44. The average Bonchev–Trinajstić information content (AvgIpc) is 2.96. The number of hydrogen-bond acceptors (Lipinski definition) is 6. The summed E-state index contributed by atoms with van der Waals surface area (Å²) in [4.78, 5) is 0. The van der Waals surface area contributed by atoms with Gasteiger partial charge in [0, 0.05) is 13.0 Å². The van der Waals surface area contributed by atoms with Crippen molar-refractivity contribution in [3.63, 3.8) is 0 Å². The lowest BCUT2D eigenvalue weighted by Gasteiger charge is -2.28. The van der Waals surface area contributed by atoms with Crippen LogP contribution < -0.4 is 5.32 Å². The molecule has 25 heavy (non-hydrogen) atoms. The summed E-state index contributed by atoms with van der Waals surface area (Å²) in [5.41, 5.74) is -1.79. The van der Waals surface area contributed by atoms with E-state index in [9.17, 15) is 23.5 Å². The Morgan fingerprint density at radius 3 is 2.44 bits per heavy atom. The third-order valence-electron chi connectivity index (χ3n) is 3.96. The third kappa shape index (κ3) is 3.58. The van der Waals surface area contributed by atoms with Crippen molar-refractivity contribution in [2.75, 3.05) is 11.9 Å². The van der Waals surface area contributed by atoms with Crippen LogP contribution in [0.1, 0.15) is 34.8 Å². The van der Waals surface area contributed by atoms with Gasteiger partial charge < -0.3 is 14.8 Å². The first-order valence-electron chi connectivity index (χ1n) is 7.44. The second kappa shape index (κ2) is 6.72. The van der Waals surface area contributed by atoms with E-state index in [-0.39, 0.29) is 23.7 Å². The van der Waals surface area contributed by atoms with Gasteiger partial charge in [0.15, 0.2) is 5.82 Å². The second-order valence-electron chi connectivity index (χ2n) is 5.69. The number of hydrogen-bond donors (Lipinski definition) is 2. The lowest BCUT2D eigenvalue weighted by Crippen LogP contribution is -2.43. The number of alkyl halides is 3. The van der Waals surface area contributed by atoms with Gasteiger partial charge in [0.2, 0.25) is 5.60 Å². The zero-order chi connectivity index (χ0) is 18.8. The van der Waals surface area contributed by atoms with Crippen LogP contribution in [-0.2, 0) is 5.60 Å². The highest BCUT2D eigenvalue weighted by Crippen LogP contribution is 2.42. The normalized spacial score (nSPS) is 14.0. The minimum Gasteiger partial charge on any atom is -0.463 e. The maximum Gasteiger partial charge on any atom is 0.424 e. The summed E-state index contributed by atoms with van der Waals surface area (Å²) in [6, 6.07) is 4.40. The maximum absolute atomic E-state index is 13.4. The molecule has 134 valence electrons. The number of nitrogens with zero attached hydrogens (tertiary/aromatic N) is 3. The fourth-order valence-electron chi connectivity index (χ4n) is 2.29. The van der Waals surface area contributed by atoms with Gasteiger partial charge in [-0.3, -0.25) is 0 Å². The Labute approximate surface area is 142 Å². The molecule has 0 bridgehead atoms. The molecule has 9 heteroatoms. The number of furan rings is 1. The Kier molecular flexibility index (Phi) is 5.04. The van der Waals surface area contributed by atoms with Gasteiger partial charge in [-0.25, -0.2) is 0 Å². The fraction of sp³-hybridized carbons (Fsp3) is 0.438. The molecule has 0 fully saturated rings. The van der Waals surface area contributed by atoms with Gasteiger partial charge in [-0.05, 0) is 38.5 Å². The summed E-state index contributed by atoms with van der Waals surface area (Å²) in [7, 11) is 0. The van der Waals surface area contributed by atoms with Gasteiger partial charge in [-0.2, -0.15) is 23.5 Å². The first kappa shape index (κ1) is 18.7. The molecule has 2 aromatic heterocycles. The van der Waals surface area contributed by atoms with Gasteiger partial charge >= 0.3 is 6.18 Å². The van der Waals surface area contributed by atoms with Crippen molar-refractivity contribution in [2.45, 2.75) is 39.0 Å². The molecule has 0 aliphatic rings. The van der Waals surface area contributed by atoms with Crippen LogP contribution in [0.25, 0.3) is 0 Å². The highest BCUT2D eigenvalue weighted by molar-refractivity contribution is 5.55. The van der Waals surface area contributed by atoms with Crippen molar-refractivity contribution in [3.8, 4) is 6.07 Å². The van der Waals surface area contributed by atoms with Gasteiger partial charge in [-0.15, -0.1) is 5.10 Å². The molecule has 1 atom stereocenters. The lowest BCUT2D eigenvalue weighted by molar-refractivity contribution is -0.274. The standard InChI is InChI=1S/C16H17F3N4O2/c1-9-4-5-13(25-9)15(24,16(17,18)19)6-7-21-14-12(8-20)10(2)11(3)22-23-14/h4-5,24H,6-7H2,1-3H3,(H,21,23)/t15-/m0/s1. The van der Waals surface area contributed by atoms with Crippen molar-refractivity contribution in [3.05, 3.63) is 40.5 Å². The zero-order valence-corrected chi connectivity index (χ0v) is 13.9. The van der Waals surface area contributed by atoms with Crippen LogP contribution in [-0.4, -0.2) is 28.0 Å². The third-order valence-corrected chi connectivity index (χ3v) is 3.96. The molecule has 0 aliphatic heterocycles. The highest BCUT2D eigenvalue weighted by Gasteiger charge is 2.56. The number of nitriles is 1. The van der Waals surface area contributed by atoms with E-state index in [1.807, 2.05) is 6.07 Å². The molecule has 2 heterocycles. The van der Waals surface area contributed by atoms with E-state index in [2.05, 4.69) is 15.5 Å². The van der Waals surface area contributed by atoms with Crippen molar-refractivity contribution in [1.29, 1.82) is 5.26 Å². The van der Waals surface area contributed by atoms with E-state index in [4.69, 9.17) is 4.42 Å². The lowest BCUT2D eigenvalue weighted by atomic mass is 9.95. The van der Waals surface area contributed by atoms with Gasteiger partial charge in [0.1, 0.15) is 23.2 Å². The Hall–Kier alpha value is -2.60. The van der Waals surface area contributed by atoms with Gasteiger partial charge in [0.05, 0.1) is 5.69 Å². The Balaban J connectivity index is 2.21. The highest BCUT2D eigenvalue weighted by atomic mass is 19.4. The molecule has 0 saturated carbocycles. The van der Waals surface area contributed by atoms with Crippen molar-refractivity contribution in [1.82, 2.24) is 10.2 Å². The molecule has 2 rings (SSSR count). The molecule has 0 aromatic carbocycles. The monoisotopic (exact) mass is 354 g/mol. The predicted molar refractivity (Wildman–Crippen MR) is 82.7 cm³/mol. The average molecular weight is 354 g/mol. The number of aliphatic hydroxyl groups is 1. The number of anilines is 1. The number of aromatic nitrogens is 2. The molecule has 2 aromatic rings. The molecule has 0 aliphatic carbocycles. The quantitative estimate of drug-likeness (QED) is 0.857. The molecule has 0 amide bonds. The van der Waals surface area contributed by atoms with Crippen molar-refractivity contribution >= 4 is 5.82 Å². The topological polar surface area (TPSA) is 95.0 Å². The van der Waals surface area contributed by atoms with E-state index in [0.29, 0.717) is 11.3 Å². The number of rotatable bonds is 5. The van der Waals surface area contributed by atoms with Crippen molar-refractivity contribution in [2.24, 2.45) is 0 Å². The van der Waals surface area contributed by atoms with Crippen LogP contribution in [0, 0.1) is 32.1 Å². The Morgan fingerprint density at radius 2 is 1.92 bits per heavy atom. The summed E-state index contributed by atoms with van der Waals surface area (Å²) in [6.45, 7) is 4.55. The predicted octanol–water partition coefficient (Wildman–Crippen LogP) is 3.12. The SMILES string of the molecule is Cc1ccc([C@@](O)(CCNc2nnc(C)c(C)c2C#N)C(F)(F)F)o1. The minimum atomic E-state index is -4.92. The van der Waals surface area contributed by atoms with Crippen LogP contribution in [0.2, 0.25) is 0 Å². The molecule has 0 spiro atoms. The number of nitrogens with one attached hydrogen (secondary N) is 1. The molecule has 0 radical (unpaired) electrons. The molecule has 2 N–H and O–H groups in total. The van der Waals surface area contributed by atoms with Crippen molar-refractivity contribution < 1.29 is 22.7 Å². The summed E-state index contributed by atoms with van der Waals surface area (Å²) >= 11 is 0. The summed E-state index contributed by atoms with van der Waals surface area (Å²) < 4.78 is 45.1. The van der Waals surface area contributed by atoms with E-state index in [1.165, 1.54) is 13.0 Å². The minimum absolute atomic E-state index is 0.0748. The van der Waals surface area contributed by atoms with Crippen LogP contribution >= 0.6 is 0 Å². The van der Waals surface area contributed by atoms with E-state index in [0.717, 1.165) is 6.07 Å². The van der Waals surface area contributed by atoms with E-state index in [1.54, 1.807) is 13.8 Å². The first-order chi connectivity index (χ1) is 11.6. The van der Waals surface area contributed by atoms with Crippen LogP contribution in [0.3, 0.4) is 0 Å². The molecule has 0 saturated heterocycles. The number of aryl methyl sites for hydroxylation is 2. The zero-order valence-electron chi connectivity index (χ0n) is 13.9. The van der Waals surface area contributed by atoms with Gasteiger partial charge in [-0.1, -0.05) is 0 Å². The molecular formula is C16H17F3N4O2. The number of halogens is 3. The largest absolute Gasteiger partial charge is 0.463 e. The summed E-state index contributed by atoms with van der Waals surface area (Å²) in [5, 5.41) is 29.6.